The highest BCUT2D eigenvalue weighted by Gasteiger charge is 2.30. The molecule has 1 aliphatic rings. The average molecular weight is 269 g/mol. The topological polar surface area (TPSA) is 46.9 Å². The third-order valence-electron chi connectivity index (χ3n) is 4.21. The fourth-order valence-corrected chi connectivity index (χ4v) is 2.94. The molecular formula is C16H19N3O. The van der Waals surface area contributed by atoms with Gasteiger partial charge < -0.3 is 5.32 Å². The Morgan fingerprint density at radius 2 is 2.15 bits per heavy atom. The number of nitrogens with zero attached hydrogens (tertiary/aromatic N) is 2. The zero-order valence-electron chi connectivity index (χ0n) is 12.1. The molecule has 0 radical (unpaired) electrons. The second-order valence-corrected chi connectivity index (χ2v) is 5.36. The van der Waals surface area contributed by atoms with E-state index in [1.807, 2.05) is 17.8 Å². The number of aryl methyl sites for hydroxylation is 2. The van der Waals surface area contributed by atoms with Crippen LogP contribution in [0.3, 0.4) is 0 Å². The van der Waals surface area contributed by atoms with Crippen molar-refractivity contribution in [2.75, 3.05) is 5.32 Å². The van der Waals surface area contributed by atoms with Gasteiger partial charge in [-0.25, -0.2) is 4.68 Å². The molecule has 104 valence electrons. The van der Waals surface area contributed by atoms with Crippen molar-refractivity contribution in [1.29, 1.82) is 0 Å². The standard InChI is InChI=1S/C16H19N3O/c1-4-19-16-14(9-17-19)13(8-15(20)18-16)12-7-5-6-10(2)11(12)3/h5-7,9,13H,4,8H2,1-3H3,(H,18,20). The van der Waals surface area contributed by atoms with Crippen LogP contribution in [0.5, 0.6) is 0 Å². The number of hydrogen-bond donors (Lipinski definition) is 1. The third-order valence-corrected chi connectivity index (χ3v) is 4.21. The normalized spacial score (nSPS) is 17.8. The molecule has 0 spiro atoms. The Hall–Kier alpha value is -2.10. The van der Waals surface area contributed by atoms with E-state index in [-0.39, 0.29) is 11.8 Å². The van der Waals surface area contributed by atoms with Gasteiger partial charge in [0.15, 0.2) is 0 Å². The highest BCUT2D eigenvalue weighted by atomic mass is 16.1. The molecule has 20 heavy (non-hydrogen) atoms. The Morgan fingerprint density at radius 1 is 1.35 bits per heavy atom. The van der Waals surface area contributed by atoms with Crippen molar-refractivity contribution in [1.82, 2.24) is 9.78 Å². The predicted molar refractivity (Wildman–Crippen MR) is 78.9 cm³/mol. The quantitative estimate of drug-likeness (QED) is 0.911. The first-order chi connectivity index (χ1) is 9.61. The second-order valence-electron chi connectivity index (χ2n) is 5.36. The summed E-state index contributed by atoms with van der Waals surface area (Å²) in [7, 11) is 0. The molecule has 1 N–H and O–H groups in total. The van der Waals surface area contributed by atoms with Crippen LogP contribution in [0.1, 0.15) is 41.5 Å². The lowest BCUT2D eigenvalue weighted by atomic mass is 9.84. The van der Waals surface area contributed by atoms with Gasteiger partial charge in [-0.15, -0.1) is 0 Å². The lowest BCUT2D eigenvalue weighted by Gasteiger charge is -2.25. The van der Waals surface area contributed by atoms with Gasteiger partial charge in [-0.2, -0.15) is 5.10 Å². The van der Waals surface area contributed by atoms with Gasteiger partial charge in [-0.3, -0.25) is 4.79 Å². The molecule has 4 heteroatoms. The summed E-state index contributed by atoms with van der Waals surface area (Å²) < 4.78 is 1.85. The van der Waals surface area contributed by atoms with Gasteiger partial charge in [-0.1, -0.05) is 18.2 Å². The third kappa shape index (κ3) is 1.92. The highest BCUT2D eigenvalue weighted by Crippen LogP contribution is 2.38. The van der Waals surface area contributed by atoms with Crippen molar-refractivity contribution in [2.24, 2.45) is 0 Å². The van der Waals surface area contributed by atoms with Gasteiger partial charge in [0.2, 0.25) is 5.91 Å². The summed E-state index contributed by atoms with van der Waals surface area (Å²) in [5.41, 5.74) is 4.89. The smallest absolute Gasteiger partial charge is 0.226 e. The molecule has 1 aromatic carbocycles. The molecule has 1 unspecified atom stereocenters. The maximum absolute atomic E-state index is 12.0. The van der Waals surface area contributed by atoms with E-state index in [2.05, 4.69) is 42.5 Å². The molecule has 1 atom stereocenters. The van der Waals surface area contributed by atoms with Crippen LogP contribution in [0.25, 0.3) is 0 Å². The van der Waals surface area contributed by atoms with Gasteiger partial charge in [0.1, 0.15) is 5.82 Å². The molecule has 0 bridgehead atoms. The van der Waals surface area contributed by atoms with Gasteiger partial charge in [-0.05, 0) is 37.5 Å². The van der Waals surface area contributed by atoms with E-state index in [0.29, 0.717) is 6.42 Å². The van der Waals surface area contributed by atoms with Crippen LogP contribution < -0.4 is 5.32 Å². The minimum absolute atomic E-state index is 0.0682. The first-order valence-corrected chi connectivity index (χ1v) is 7.03. The maximum Gasteiger partial charge on any atom is 0.226 e. The van der Waals surface area contributed by atoms with E-state index >= 15 is 0 Å². The summed E-state index contributed by atoms with van der Waals surface area (Å²) in [4.78, 5) is 12.0. The van der Waals surface area contributed by atoms with Crippen molar-refractivity contribution in [2.45, 2.75) is 39.7 Å². The molecular weight excluding hydrogens is 250 g/mol. The Balaban J connectivity index is 2.14. The van der Waals surface area contributed by atoms with E-state index in [1.165, 1.54) is 16.7 Å². The Bertz CT molecular complexity index is 672. The molecule has 2 heterocycles. The number of carbonyl (C=O) groups excluding carboxylic acids is 1. The minimum atomic E-state index is 0.0682. The fraction of sp³-hybridized carbons (Fsp3) is 0.375. The van der Waals surface area contributed by atoms with Gasteiger partial charge >= 0.3 is 0 Å². The molecule has 0 saturated carbocycles. The number of carbonyl (C=O) groups is 1. The lowest BCUT2D eigenvalue weighted by Crippen LogP contribution is -2.25. The SMILES string of the molecule is CCn1ncc2c1NC(=O)CC2c1cccc(C)c1C. The summed E-state index contributed by atoms with van der Waals surface area (Å²) in [5.74, 6) is 1.03. The Labute approximate surface area is 118 Å². The summed E-state index contributed by atoms with van der Waals surface area (Å²) in [6, 6.07) is 6.30. The summed E-state index contributed by atoms with van der Waals surface area (Å²) in [6.07, 6.45) is 2.39. The van der Waals surface area contributed by atoms with Crippen molar-refractivity contribution in [3.63, 3.8) is 0 Å². The summed E-state index contributed by atoms with van der Waals surface area (Å²) in [5, 5.41) is 7.34. The van der Waals surface area contributed by atoms with Crippen LogP contribution >= 0.6 is 0 Å². The first-order valence-electron chi connectivity index (χ1n) is 7.03. The zero-order chi connectivity index (χ0) is 14.3. The van der Waals surface area contributed by atoms with E-state index in [0.717, 1.165) is 17.9 Å². The van der Waals surface area contributed by atoms with E-state index < -0.39 is 0 Å². The zero-order valence-corrected chi connectivity index (χ0v) is 12.1. The van der Waals surface area contributed by atoms with E-state index in [1.54, 1.807) is 0 Å². The highest BCUT2D eigenvalue weighted by molar-refractivity contribution is 5.94. The Morgan fingerprint density at radius 3 is 2.90 bits per heavy atom. The van der Waals surface area contributed by atoms with Crippen molar-refractivity contribution < 1.29 is 4.79 Å². The van der Waals surface area contributed by atoms with Crippen molar-refractivity contribution >= 4 is 11.7 Å². The van der Waals surface area contributed by atoms with Crippen LogP contribution in [0.2, 0.25) is 0 Å². The molecule has 0 fully saturated rings. The first kappa shape index (κ1) is 12.9. The predicted octanol–water partition coefficient (Wildman–Crippen LogP) is 2.99. The summed E-state index contributed by atoms with van der Waals surface area (Å²) in [6.45, 7) is 7.02. The van der Waals surface area contributed by atoms with Crippen LogP contribution in [-0.4, -0.2) is 15.7 Å². The average Bonchev–Trinajstić information content (AvgIpc) is 2.84. The number of amides is 1. The number of nitrogens with one attached hydrogen (secondary N) is 1. The molecule has 0 saturated heterocycles. The Kier molecular flexibility index (Phi) is 3.08. The fourth-order valence-electron chi connectivity index (χ4n) is 2.94. The monoisotopic (exact) mass is 269 g/mol. The molecule has 4 nitrogen and oxygen atoms in total. The van der Waals surface area contributed by atoms with Crippen molar-refractivity contribution in [3.8, 4) is 0 Å². The number of benzene rings is 1. The van der Waals surface area contributed by atoms with Crippen LogP contribution in [0.15, 0.2) is 24.4 Å². The molecule has 2 aromatic rings. The number of aromatic nitrogens is 2. The summed E-state index contributed by atoms with van der Waals surface area (Å²) >= 11 is 0. The van der Waals surface area contributed by atoms with Gasteiger partial charge in [0, 0.05) is 24.4 Å². The second kappa shape index (κ2) is 4.78. The van der Waals surface area contributed by atoms with E-state index in [9.17, 15) is 4.79 Å². The van der Waals surface area contributed by atoms with Crippen molar-refractivity contribution in [3.05, 3.63) is 46.6 Å². The molecule has 0 aliphatic carbocycles. The van der Waals surface area contributed by atoms with Gasteiger partial charge in [0.25, 0.3) is 0 Å². The molecule has 1 amide bonds. The van der Waals surface area contributed by atoms with E-state index in [4.69, 9.17) is 0 Å². The molecule has 3 rings (SSSR count). The van der Waals surface area contributed by atoms with Crippen LogP contribution in [0.4, 0.5) is 5.82 Å². The minimum Gasteiger partial charge on any atom is -0.311 e. The lowest BCUT2D eigenvalue weighted by molar-refractivity contribution is -0.116. The number of rotatable bonds is 2. The molecule has 1 aromatic heterocycles. The number of fused-ring (bicyclic) bond motifs is 1. The number of hydrogen-bond acceptors (Lipinski definition) is 2. The van der Waals surface area contributed by atoms with Gasteiger partial charge in [0.05, 0.1) is 6.20 Å². The van der Waals surface area contributed by atoms with Crippen LogP contribution in [-0.2, 0) is 11.3 Å². The molecule has 1 aliphatic heterocycles. The maximum atomic E-state index is 12.0. The number of anilines is 1. The largest absolute Gasteiger partial charge is 0.311 e. The van der Waals surface area contributed by atoms with Crippen LogP contribution in [0, 0.1) is 13.8 Å².